The molecule has 0 saturated carbocycles. The largest absolute Gasteiger partial charge is 0.322 e. The van der Waals surface area contributed by atoms with Crippen LogP contribution in [0.4, 0.5) is 5.69 Å². The Kier molecular flexibility index (Phi) is 5.74. The van der Waals surface area contributed by atoms with Crippen LogP contribution in [-0.4, -0.2) is 28.9 Å². The van der Waals surface area contributed by atoms with E-state index in [0.717, 1.165) is 11.3 Å². The van der Waals surface area contributed by atoms with Gasteiger partial charge in [-0.1, -0.05) is 11.6 Å². The lowest BCUT2D eigenvalue weighted by Crippen LogP contribution is -2.36. The van der Waals surface area contributed by atoms with Gasteiger partial charge in [-0.3, -0.25) is 4.79 Å². The van der Waals surface area contributed by atoms with Crippen LogP contribution in [0.15, 0.2) is 12.3 Å². The molecule has 1 amide bonds. The first-order valence-electron chi connectivity index (χ1n) is 5.22. The molecule has 0 aliphatic carbocycles. The van der Waals surface area contributed by atoms with Crippen LogP contribution < -0.4 is 11.1 Å². The van der Waals surface area contributed by atoms with Crippen molar-refractivity contribution in [3.63, 3.8) is 0 Å². The second kappa shape index (κ2) is 6.83. The van der Waals surface area contributed by atoms with Crippen LogP contribution in [0.1, 0.15) is 12.0 Å². The summed E-state index contributed by atoms with van der Waals surface area (Å²) < 4.78 is 0. The van der Waals surface area contributed by atoms with E-state index in [9.17, 15) is 4.79 Å². The number of halogens is 1. The fourth-order valence-electron chi connectivity index (χ4n) is 1.24. The summed E-state index contributed by atoms with van der Waals surface area (Å²) in [5.74, 6) is 0.627. The molecule has 0 aliphatic rings. The Balaban J connectivity index is 2.64. The van der Waals surface area contributed by atoms with Crippen LogP contribution in [0.25, 0.3) is 0 Å². The summed E-state index contributed by atoms with van der Waals surface area (Å²) in [6.07, 6.45) is 4.27. The standard InChI is InChI=1S/C11H16ClN3OS/c1-7-5-9(10(12)14-6-7)15-11(16)8(13)3-4-17-2/h5-6,8H,3-4,13H2,1-2H3,(H,15,16)/t8-/m1/s1. The topological polar surface area (TPSA) is 68.0 Å². The maximum atomic E-state index is 11.8. The smallest absolute Gasteiger partial charge is 0.241 e. The van der Waals surface area contributed by atoms with Crippen LogP contribution >= 0.6 is 23.4 Å². The number of aryl methyl sites for hydroxylation is 1. The van der Waals surface area contributed by atoms with Crippen molar-refractivity contribution in [3.8, 4) is 0 Å². The predicted molar refractivity (Wildman–Crippen MR) is 73.6 cm³/mol. The van der Waals surface area contributed by atoms with Crippen molar-refractivity contribution < 1.29 is 4.79 Å². The van der Waals surface area contributed by atoms with Gasteiger partial charge in [-0.15, -0.1) is 0 Å². The van der Waals surface area contributed by atoms with Crippen molar-refractivity contribution in [1.29, 1.82) is 0 Å². The number of nitrogens with two attached hydrogens (primary N) is 1. The van der Waals surface area contributed by atoms with Crippen molar-refractivity contribution in [2.45, 2.75) is 19.4 Å². The van der Waals surface area contributed by atoms with Crippen LogP contribution in [-0.2, 0) is 4.79 Å². The molecule has 0 bridgehead atoms. The summed E-state index contributed by atoms with van der Waals surface area (Å²) in [6.45, 7) is 1.88. The minimum absolute atomic E-state index is 0.228. The van der Waals surface area contributed by atoms with Gasteiger partial charge in [0.2, 0.25) is 5.91 Å². The Labute approximate surface area is 110 Å². The maximum Gasteiger partial charge on any atom is 0.241 e. The molecule has 0 unspecified atom stereocenters. The summed E-state index contributed by atoms with van der Waals surface area (Å²) in [5.41, 5.74) is 7.19. The van der Waals surface area contributed by atoms with Crippen LogP contribution in [0.2, 0.25) is 5.15 Å². The molecule has 6 heteroatoms. The molecule has 1 aromatic heterocycles. The number of rotatable bonds is 5. The summed E-state index contributed by atoms with van der Waals surface area (Å²) in [7, 11) is 0. The second-order valence-electron chi connectivity index (χ2n) is 3.73. The number of aromatic nitrogens is 1. The Morgan fingerprint density at radius 2 is 2.41 bits per heavy atom. The van der Waals surface area contributed by atoms with Gasteiger partial charge in [-0.05, 0) is 37.0 Å². The minimum atomic E-state index is -0.515. The van der Waals surface area contributed by atoms with E-state index >= 15 is 0 Å². The molecule has 0 spiro atoms. The molecular weight excluding hydrogens is 258 g/mol. The average Bonchev–Trinajstić information content (AvgIpc) is 2.30. The highest BCUT2D eigenvalue weighted by Crippen LogP contribution is 2.19. The van der Waals surface area contributed by atoms with E-state index in [1.54, 1.807) is 24.0 Å². The molecule has 3 N–H and O–H groups in total. The first-order valence-corrected chi connectivity index (χ1v) is 6.99. The lowest BCUT2D eigenvalue weighted by molar-refractivity contribution is -0.117. The van der Waals surface area contributed by atoms with Gasteiger partial charge in [0.1, 0.15) is 0 Å². The number of carbonyl (C=O) groups is 1. The minimum Gasteiger partial charge on any atom is -0.322 e. The molecule has 0 fully saturated rings. The molecule has 1 atom stereocenters. The normalized spacial score (nSPS) is 12.2. The van der Waals surface area contributed by atoms with Crippen molar-refractivity contribution >= 4 is 35.0 Å². The first kappa shape index (κ1) is 14.3. The average molecular weight is 274 g/mol. The Morgan fingerprint density at radius 1 is 1.71 bits per heavy atom. The molecule has 4 nitrogen and oxygen atoms in total. The van der Waals surface area contributed by atoms with Crippen molar-refractivity contribution in [2.24, 2.45) is 5.73 Å². The van der Waals surface area contributed by atoms with Gasteiger partial charge >= 0.3 is 0 Å². The zero-order valence-corrected chi connectivity index (χ0v) is 11.4. The van der Waals surface area contributed by atoms with Crippen molar-refractivity contribution in [2.75, 3.05) is 17.3 Å². The second-order valence-corrected chi connectivity index (χ2v) is 5.07. The molecule has 1 aromatic rings. The number of amides is 1. The third-order valence-corrected chi connectivity index (χ3v) is 3.15. The zero-order chi connectivity index (χ0) is 12.8. The van der Waals surface area contributed by atoms with Gasteiger partial charge < -0.3 is 11.1 Å². The third kappa shape index (κ3) is 4.53. The van der Waals surface area contributed by atoms with Gasteiger partial charge in [0.15, 0.2) is 5.15 Å². The van der Waals surface area contributed by atoms with E-state index in [1.165, 1.54) is 0 Å². The molecule has 1 rings (SSSR count). The highest BCUT2D eigenvalue weighted by Gasteiger charge is 2.14. The number of hydrogen-bond donors (Lipinski definition) is 2. The van der Waals surface area contributed by atoms with Gasteiger partial charge in [-0.2, -0.15) is 11.8 Å². The molecular formula is C11H16ClN3OS. The van der Waals surface area contributed by atoms with E-state index in [0.29, 0.717) is 12.1 Å². The van der Waals surface area contributed by atoms with Gasteiger partial charge in [0.25, 0.3) is 0 Å². The maximum absolute atomic E-state index is 11.8. The summed E-state index contributed by atoms with van der Waals surface area (Å²) in [5, 5.41) is 2.97. The molecule has 17 heavy (non-hydrogen) atoms. The van der Waals surface area contributed by atoms with E-state index < -0.39 is 6.04 Å². The lowest BCUT2D eigenvalue weighted by Gasteiger charge is -2.12. The SMILES string of the molecule is CSCC[C@@H](N)C(=O)Nc1cc(C)cnc1Cl. The highest BCUT2D eigenvalue weighted by molar-refractivity contribution is 7.98. The zero-order valence-electron chi connectivity index (χ0n) is 9.87. The number of nitrogens with one attached hydrogen (secondary N) is 1. The fourth-order valence-corrected chi connectivity index (χ4v) is 1.88. The predicted octanol–water partition coefficient (Wildman–Crippen LogP) is 2.06. The number of anilines is 1. The summed E-state index contributed by atoms with van der Waals surface area (Å²) in [6, 6.07) is 1.26. The molecule has 94 valence electrons. The van der Waals surface area contributed by atoms with Crippen LogP contribution in [0.3, 0.4) is 0 Å². The Hall–Kier alpha value is -0.780. The first-order chi connectivity index (χ1) is 8.04. The molecule has 0 saturated heterocycles. The van der Waals surface area contributed by atoms with Gasteiger partial charge in [0, 0.05) is 6.20 Å². The number of thioether (sulfide) groups is 1. The number of hydrogen-bond acceptors (Lipinski definition) is 4. The highest BCUT2D eigenvalue weighted by atomic mass is 35.5. The van der Waals surface area contributed by atoms with Gasteiger partial charge in [-0.25, -0.2) is 4.98 Å². The summed E-state index contributed by atoms with van der Waals surface area (Å²) >= 11 is 7.54. The molecule has 1 heterocycles. The number of carbonyl (C=O) groups excluding carboxylic acids is 1. The molecule has 0 aromatic carbocycles. The fraction of sp³-hybridized carbons (Fsp3) is 0.455. The van der Waals surface area contributed by atoms with E-state index in [4.69, 9.17) is 17.3 Å². The number of nitrogens with zero attached hydrogens (tertiary/aromatic N) is 1. The van der Waals surface area contributed by atoms with Crippen LogP contribution in [0, 0.1) is 6.92 Å². The Bertz CT molecular complexity index is 400. The summed E-state index contributed by atoms with van der Waals surface area (Å²) in [4.78, 5) is 15.7. The molecule has 0 radical (unpaired) electrons. The van der Waals surface area contributed by atoms with Gasteiger partial charge in [0.05, 0.1) is 11.7 Å². The van der Waals surface area contributed by atoms with E-state index in [1.807, 2.05) is 13.2 Å². The quantitative estimate of drug-likeness (QED) is 0.806. The van der Waals surface area contributed by atoms with Crippen molar-refractivity contribution in [3.05, 3.63) is 23.0 Å². The monoisotopic (exact) mass is 273 g/mol. The number of pyridine rings is 1. The van der Waals surface area contributed by atoms with E-state index in [-0.39, 0.29) is 11.1 Å². The molecule has 0 aliphatic heterocycles. The van der Waals surface area contributed by atoms with Crippen LogP contribution in [0.5, 0.6) is 0 Å². The van der Waals surface area contributed by atoms with Crippen molar-refractivity contribution in [1.82, 2.24) is 4.98 Å². The Morgan fingerprint density at radius 3 is 3.06 bits per heavy atom. The lowest BCUT2D eigenvalue weighted by atomic mass is 10.2. The third-order valence-electron chi connectivity index (χ3n) is 2.20. The van der Waals surface area contributed by atoms with E-state index in [2.05, 4.69) is 10.3 Å².